The third kappa shape index (κ3) is 2.82. The summed E-state index contributed by atoms with van der Waals surface area (Å²) in [6.07, 6.45) is 2.79. The molecule has 9 heteroatoms. The van der Waals surface area contributed by atoms with Crippen LogP contribution in [0.5, 0.6) is 5.75 Å². The quantitative estimate of drug-likeness (QED) is 0.792. The van der Waals surface area contributed by atoms with E-state index in [-0.39, 0.29) is 40.6 Å². The topological polar surface area (TPSA) is 107 Å². The van der Waals surface area contributed by atoms with Crippen molar-refractivity contribution in [3.05, 3.63) is 33.9 Å². The van der Waals surface area contributed by atoms with Gasteiger partial charge in [-0.05, 0) is 18.9 Å². The Labute approximate surface area is 160 Å². The average Bonchev–Trinajstić information content (AvgIpc) is 3.43. The Balaban J connectivity index is 2.00. The molecule has 3 N–H and O–H groups in total. The molecule has 2 aromatic rings. The Kier molecular flexibility index (Phi) is 4.51. The molecule has 0 amide bonds. The average molecular weight is 391 g/mol. The summed E-state index contributed by atoms with van der Waals surface area (Å²) in [4.78, 5) is 26.0. The summed E-state index contributed by atoms with van der Waals surface area (Å²) in [6.45, 7) is 0.759. The van der Waals surface area contributed by atoms with Gasteiger partial charge in [-0.25, -0.2) is 9.18 Å². The molecular weight excluding hydrogens is 369 g/mol. The number of halogens is 1. The molecule has 2 fully saturated rings. The molecule has 1 saturated heterocycles. The first-order chi connectivity index (χ1) is 13.4. The molecule has 0 unspecified atom stereocenters. The summed E-state index contributed by atoms with van der Waals surface area (Å²) < 4.78 is 27.8. The Bertz CT molecular complexity index is 1020. The largest absolute Gasteiger partial charge is 0.492 e. The number of nitrogens with zero attached hydrogens (tertiary/aromatic N) is 2. The highest BCUT2D eigenvalue weighted by atomic mass is 19.1. The number of fused-ring (bicyclic) bond motifs is 1. The van der Waals surface area contributed by atoms with Crippen molar-refractivity contribution < 1.29 is 23.8 Å². The summed E-state index contributed by atoms with van der Waals surface area (Å²) in [6, 6.07) is 0.873. The van der Waals surface area contributed by atoms with Gasteiger partial charge in [0.25, 0.3) is 0 Å². The van der Waals surface area contributed by atoms with Crippen LogP contribution < -0.4 is 20.8 Å². The second-order valence-corrected chi connectivity index (χ2v) is 7.29. The molecule has 1 aromatic heterocycles. The minimum absolute atomic E-state index is 0.00307. The molecule has 28 heavy (non-hydrogen) atoms. The second-order valence-electron chi connectivity index (χ2n) is 7.29. The summed E-state index contributed by atoms with van der Waals surface area (Å²) in [5.74, 6) is -1.78. The van der Waals surface area contributed by atoms with Crippen LogP contribution in [-0.2, 0) is 4.74 Å². The number of hydrogen-bond acceptors (Lipinski definition) is 6. The van der Waals surface area contributed by atoms with Gasteiger partial charge in [-0.3, -0.25) is 4.79 Å². The molecule has 8 nitrogen and oxygen atoms in total. The summed E-state index contributed by atoms with van der Waals surface area (Å²) >= 11 is 0. The minimum Gasteiger partial charge on any atom is -0.492 e. The molecule has 4 rings (SSSR count). The maximum Gasteiger partial charge on any atom is 0.341 e. The number of carbonyl (C=O) groups is 1. The number of carboxylic acids is 1. The van der Waals surface area contributed by atoms with E-state index in [1.807, 2.05) is 0 Å². The van der Waals surface area contributed by atoms with E-state index in [1.165, 1.54) is 13.3 Å². The van der Waals surface area contributed by atoms with Crippen LogP contribution in [0.2, 0.25) is 0 Å². The van der Waals surface area contributed by atoms with Crippen LogP contribution in [0.15, 0.2) is 17.1 Å². The van der Waals surface area contributed by atoms with E-state index in [0.29, 0.717) is 18.6 Å². The summed E-state index contributed by atoms with van der Waals surface area (Å²) in [5, 5.41) is 9.38. The van der Waals surface area contributed by atoms with E-state index in [9.17, 15) is 14.7 Å². The van der Waals surface area contributed by atoms with Crippen molar-refractivity contribution in [2.75, 3.05) is 32.2 Å². The Morgan fingerprint density at radius 1 is 1.32 bits per heavy atom. The minimum atomic E-state index is -1.33. The maximum absolute atomic E-state index is 15.1. The lowest BCUT2D eigenvalue weighted by Crippen LogP contribution is -2.34. The van der Waals surface area contributed by atoms with Crippen LogP contribution in [-0.4, -0.2) is 55.1 Å². The lowest BCUT2D eigenvalue weighted by molar-refractivity contribution is 0.0694. The number of hydrogen-bond donors (Lipinski definition) is 2. The molecule has 0 radical (unpaired) electrons. The SMILES string of the molecule is COc1c(N2C[C@H](OC)[C@@H](N)C2)c(F)cc2c(=O)c(C(=O)O)cn(C3CC3)c12. The third-order valence-electron chi connectivity index (χ3n) is 5.50. The zero-order chi connectivity index (χ0) is 20.2. The monoisotopic (exact) mass is 391 g/mol. The molecular formula is C19H22FN3O5. The lowest BCUT2D eigenvalue weighted by Gasteiger charge is -2.24. The number of pyridine rings is 1. The number of aromatic nitrogens is 1. The van der Waals surface area contributed by atoms with E-state index in [4.69, 9.17) is 15.2 Å². The van der Waals surface area contributed by atoms with E-state index in [1.54, 1.807) is 16.6 Å². The smallest absolute Gasteiger partial charge is 0.341 e. The summed E-state index contributed by atoms with van der Waals surface area (Å²) in [7, 11) is 2.97. The zero-order valence-electron chi connectivity index (χ0n) is 15.6. The third-order valence-corrected chi connectivity index (χ3v) is 5.50. The number of methoxy groups -OCH3 is 2. The number of rotatable bonds is 5. The van der Waals surface area contributed by atoms with Crippen molar-refractivity contribution in [1.82, 2.24) is 4.57 Å². The molecule has 2 heterocycles. The Hall–Kier alpha value is -2.65. The van der Waals surface area contributed by atoms with Gasteiger partial charge < -0.3 is 29.8 Å². The highest BCUT2D eigenvalue weighted by Gasteiger charge is 2.36. The molecule has 1 aliphatic carbocycles. The first-order valence-electron chi connectivity index (χ1n) is 9.09. The van der Waals surface area contributed by atoms with Crippen molar-refractivity contribution >= 4 is 22.6 Å². The predicted molar refractivity (Wildman–Crippen MR) is 101 cm³/mol. The van der Waals surface area contributed by atoms with Gasteiger partial charge in [0.2, 0.25) is 5.43 Å². The fraction of sp³-hybridized carbons (Fsp3) is 0.474. The molecule has 2 atom stereocenters. The highest BCUT2D eigenvalue weighted by molar-refractivity contribution is 5.97. The van der Waals surface area contributed by atoms with E-state index in [2.05, 4.69) is 0 Å². The van der Waals surface area contributed by atoms with Crippen molar-refractivity contribution in [2.24, 2.45) is 5.73 Å². The van der Waals surface area contributed by atoms with Gasteiger partial charge in [0.15, 0.2) is 11.6 Å². The number of carboxylic acid groups (broad SMARTS) is 1. The highest BCUT2D eigenvalue weighted by Crippen LogP contribution is 2.44. The maximum atomic E-state index is 15.1. The normalized spacial score (nSPS) is 22.1. The standard InChI is InChI=1S/C19H22FN3O5/c1-27-14-8-22(7-13(14)21)16-12(20)5-10-15(18(16)28-2)23(9-3-4-9)6-11(17(10)24)19(25)26/h5-6,9,13-14H,3-4,7-8,21H2,1-2H3,(H,25,26)/t13-,14-/m0/s1. The van der Waals surface area contributed by atoms with Crippen molar-refractivity contribution in [1.29, 1.82) is 0 Å². The first kappa shape index (κ1) is 18.7. The van der Waals surface area contributed by atoms with Gasteiger partial charge in [-0.15, -0.1) is 0 Å². The van der Waals surface area contributed by atoms with Crippen molar-refractivity contribution in [3.63, 3.8) is 0 Å². The molecule has 1 aliphatic heterocycles. The van der Waals surface area contributed by atoms with Crippen LogP contribution in [0, 0.1) is 5.82 Å². The Morgan fingerprint density at radius 3 is 2.57 bits per heavy atom. The Morgan fingerprint density at radius 2 is 2.04 bits per heavy atom. The van der Waals surface area contributed by atoms with Crippen LogP contribution in [0.3, 0.4) is 0 Å². The van der Waals surface area contributed by atoms with Crippen LogP contribution in [0.4, 0.5) is 10.1 Å². The van der Waals surface area contributed by atoms with Gasteiger partial charge in [0.1, 0.15) is 11.3 Å². The van der Waals surface area contributed by atoms with E-state index < -0.39 is 17.2 Å². The van der Waals surface area contributed by atoms with Gasteiger partial charge in [0.05, 0.1) is 30.2 Å². The first-order valence-corrected chi connectivity index (χ1v) is 9.09. The van der Waals surface area contributed by atoms with Gasteiger partial charge in [0, 0.05) is 32.4 Å². The molecule has 150 valence electrons. The molecule has 1 aromatic carbocycles. The second kappa shape index (κ2) is 6.75. The number of benzene rings is 1. The van der Waals surface area contributed by atoms with E-state index in [0.717, 1.165) is 18.9 Å². The van der Waals surface area contributed by atoms with Gasteiger partial charge >= 0.3 is 5.97 Å². The molecule has 0 spiro atoms. The number of aromatic carboxylic acids is 1. The molecule has 0 bridgehead atoms. The van der Waals surface area contributed by atoms with Crippen LogP contribution in [0.1, 0.15) is 29.2 Å². The lowest BCUT2D eigenvalue weighted by atomic mass is 10.1. The van der Waals surface area contributed by atoms with Crippen molar-refractivity contribution in [2.45, 2.75) is 31.0 Å². The van der Waals surface area contributed by atoms with Gasteiger partial charge in [-0.2, -0.15) is 0 Å². The van der Waals surface area contributed by atoms with Crippen LogP contribution >= 0.6 is 0 Å². The fourth-order valence-electron chi connectivity index (χ4n) is 3.96. The summed E-state index contributed by atoms with van der Waals surface area (Å²) in [5.41, 5.74) is 5.60. The predicted octanol–water partition coefficient (Wildman–Crippen LogP) is 1.34. The number of nitrogens with two attached hydrogens (primary N) is 1. The van der Waals surface area contributed by atoms with E-state index >= 15 is 4.39 Å². The zero-order valence-corrected chi connectivity index (χ0v) is 15.6. The van der Waals surface area contributed by atoms with Gasteiger partial charge in [-0.1, -0.05) is 0 Å². The number of ether oxygens (including phenoxy) is 2. The molecule has 1 saturated carbocycles. The fourth-order valence-corrected chi connectivity index (χ4v) is 3.96. The van der Waals surface area contributed by atoms with Crippen LogP contribution in [0.25, 0.3) is 10.9 Å². The van der Waals surface area contributed by atoms with Crippen molar-refractivity contribution in [3.8, 4) is 5.75 Å². The molecule has 2 aliphatic rings. The number of anilines is 1.